The zero-order valence-electron chi connectivity index (χ0n) is 8.54. The van der Waals surface area contributed by atoms with Crippen LogP contribution >= 0.6 is 11.6 Å². The molecule has 88 valence electrons. The van der Waals surface area contributed by atoms with E-state index in [1.54, 1.807) is 0 Å². The number of hydrogen-bond acceptors (Lipinski definition) is 3. The molecule has 0 aliphatic rings. The summed E-state index contributed by atoms with van der Waals surface area (Å²) in [6.45, 7) is -0.233. The summed E-state index contributed by atoms with van der Waals surface area (Å²) in [5, 5.41) is 9.07. The van der Waals surface area contributed by atoms with Crippen molar-refractivity contribution in [3.63, 3.8) is 0 Å². The average molecular weight is 248 g/mol. The van der Waals surface area contributed by atoms with E-state index in [9.17, 15) is 9.18 Å². The van der Waals surface area contributed by atoms with Gasteiger partial charge < -0.3 is 15.6 Å². The van der Waals surface area contributed by atoms with Crippen molar-refractivity contribution < 1.29 is 19.0 Å². The second-order valence-corrected chi connectivity index (χ2v) is 3.51. The molecule has 1 aromatic carbocycles. The highest BCUT2D eigenvalue weighted by Gasteiger charge is 2.27. The highest BCUT2D eigenvalue weighted by Crippen LogP contribution is 2.35. The first-order chi connectivity index (χ1) is 7.52. The van der Waals surface area contributed by atoms with Crippen LogP contribution in [-0.4, -0.2) is 24.7 Å². The summed E-state index contributed by atoms with van der Waals surface area (Å²) < 4.78 is 18.5. The minimum Gasteiger partial charge on any atom is -0.495 e. The highest BCUT2D eigenvalue weighted by atomic mass is 35.5. The maximum Gasteiger partial charge on any atom is 0.312 e. The molecule has 3 N–H and O–H groups in total. The van der Waals surface area contributed by atoms with Crippen LogP contribution in [0.15, 0.2) is 12.1 Å². The first-order valence-corrected chi connectivity index (χ1v) is 4.85. The number of ether oxygens (including phenoxy) is 1. The van der Waals surface area contributed by atoms with Crippen LogP contribution in [0.1, 0.15) is 11.5 Å². The normalized spacial score (nSPS) is 12.2. The minimum absolute atomic E-state index is 0.0134. The van der Waals surface area contributed by atoms with E-state index in [1.807, 2.05) is 0 Å². The molecule has 0 saturated carbocycles. The molecule has 6 heteroatoms. The maximum atomic E-state index is 13.6. The monoisotopic (exact) mass is 247 g/mol. The number of carboxylic acid groups (broad SMARTS) is 1. The Labute approximate surface area is 96.8 Å². The van der Waals surface area contributed by atoms with Gasteiger partial charge in [0.05, 0.1) is 12.1 Å². The lowest BCUT2D eigenvalue weighted by Crippen LogP contribution is -2.23. The molecule has 0 fully saturated rings. The Morgan fingerprint density at radius 1 is 1.69 bits per heavy atom. The van der Waals surface area contributed by atoms with Crippen LogP contribution in [0.4, 0.5) is 4.39 Å². The third-order valence-corrected chi connectivity index (χ3v) is 2.48. The molecule has 0 radical (unpaired) electrons. The van der Waals surface area contributed by atoms with Gasteiger partial charge in [0.2, 0.25) is 0 Å². The lowest BCUT2D eigenvalue weighted by molar-refractivity contribution is -0.138. The molecule has 1 aromatic rings. The van der Waals surface area contributed by atoms with Crippen LogP contribution in [0.3, 0.4) is 0 Å². The SMILES string of the molecule is COc1c(Cl)ccc(F)c1C(CN)C(=O)O. The van der Waals surface area contributed by atoms with Crippen molar-refractivity contribution >= 4 is 17.6 Å². The number of rotatable bonds is 4. The molecule has 0 aliphatic carbocycles. The van der Waals surface area contributed by atoms with Gasteiger partial charge in [0.25, 0.3) is 0 Å². The van der Waals surface area contributed by atoms with E-state index in [-0.39, 0.29) is 22.9 Å². The summed E-state index contributed by atoms with van der Waals surface area (Å²) in [7, 11) is 1.29. The topological polar surface area (TPSA) is 72.5 Å². The summed E-state index contributed by atoms with van der Waals surface area (Å²) >= 11 is 5.78. The smallest absolute Gasteiger partial charge is 0.312 e. The zero-order chi connectivity index (χ0) is 12.3. The van der Waals surface area contributed by atoms with Crippen LogP contribution in [0, 0.1) is 5.82 Å². The van der Waals surface area contributed by atoms with Gasteiger partial charge in [-0.2, -0.15) is 0 Å². The van der Waals surface area contributed by atoms with E-state index in [4.69, 9.17) is 27.2 Å². The minimum atomic E-state index is -1.22. The van der Waals surface area contributed by atoms with Crippen molar-refractivity contribution in [2.45, 2.75) is 5.92 Å². The standard InChI is InChI=1S/C10H11ClFNO3/c1-16-9-6(11)2-3-7(12)8(9)5(4-13)10(14)15/h2-3,5H,4,13H2,1H3,(H,14,15). The summed E-state index contributed by atoms with van der Waals surface area (Å²) in [6.07, 6.45) is 0. The van der Waals surface area contributed by atoms with Crippen molar-refractivity contribution in [3.8, 4) is 5.75 Å². The Balaban J connectivity index is 3.39. The van der Waals surface area contributed by atoms with Crippen molar-refractivity contribution in [3.05, 3.63) is 28.5 Å². The van der Waals surface area contributed by atoms with Crippen molar-refractivity contribution in [1.29, 1.82) is 0 Å². The quantitative estimate of drug-likeness (QED) is 0.848. The molecule has 1 unspecified atom stereocenters. The second kappa shape index (κ2) is 5.14. The molecule has 0 aromatic heterocycles. The van der Waals surface area contributed by atoms with Crippen LogP contribution in [0.5, 0.6) is 5.75 Å². The van der Waals surface area contributed by atoms with E-state index in [0.717, 1.165) is 6.07 Å². The summed E-state index contributed by atoms with van der Waals surface area (Å²) in [4.78, 5) is 10.9. The van der Waals surface area contributed by atoms with Gasteiger partial charge in [0, 0.05) is 12.1 Å². The van der Waals surface area contributed by atoms with Crippen molar-refractivity contribution in [1.82, 2.24) is 0 Å². The fourth-order valence-corrected chi connectivity index (χ4v) is 1.67. The Hall–Kier alpha value is -1.33. The van der Waals surface area contributed by atoms with Gasteiger partial charge >= 0.3 is 5.97 Å². The van der Waals surface area contributed by atoms with Crippen LogP contribution < -0.4 is 10.5 Å². The van der Waals surface area contributed by atoms with Gasteiger partial charge in [-0.15, -0.1) is 0 Å². The predicted molar refractivity (Wildman–Crippen MR) is 57.4 cm³/mol. The Morgan fingerprint density at radius 3 is 2.75 bits per heavy atom. The van der Waals surface area contributed by atoms with E-state index in [1.165, 1.54) is 13.2 Å². The van der Waals surface area contributed by atoms with E-state index < -0.39 is 17.7 Å². The van der Waals surface area contributed by atoms with Gasteiger partial charge in [0.1, 0.15) is 17.5 Å². The van der Waals surface area contributed by atoms with Gasteiger partial charge in [-0.25, -0.2) is 4.39 Å². The fourth-order valence-electron chi connectivity index (χ4n) is 1.42. The first kappa shape index (κ1) is 12.7. The van der Waals surface area contributed by atoms with Crippen LogP contribution in [0.2, 0.25) is 5.02 Å². The second-order valence-electron chi connectivity index (χ2n) is 3.10. The molecule has 0 aliphatic heterocycles. The van der Waals surface area contributed by atoms with Crippen LogP contribution in [0.25, 0.3) is 0 Å². The van der Waals surface area contributed by atoms with E-state index in [2.05, 4.69) is 0 Å². The molecule has 4 nitrogen and oxygen atoms in total. The van der Waals surface area contributed by atoms with Crippen molar-refractivity contribution in [2.24, 2.45) is 5.73 Å². The highest BCUT2D eigenvalue weighted by molar-refractivity contribution is 6.32. The largest absolute Gasteiger partial charge is 0.495 e. The molecule has 0 heterocycles. The number of hydrogen-bond donors (Lipinski definition) is 2. The van der Waals surface area contributed by atoms with E-state index in [0.29, 0.717) is 0 Å². The molecule has 1 atom stereocenters. The lowest BCUT2D eigenvalue weighted by atomic mass is 9.97. The van der Waals surface area contributed by atoms with Gasteiger partial charge in [-0.3, -0.25) is 4.79 Å². The van der Waals surface area contributed by atoms with Crippen molar-refractivity contribution in [2.75, 3.05) is 13.7 Å². The Morgan fingerprint density at radius 2 is 2.31 bits per heavy atom. The van der Waals surface area contributed by atoms with Gasteiger partial charge in [0.15, 0.2) is 0 Å². The van der Waals surface area contributed by atoms with Gasteiger partial charge in [-0.05, 0) is 12.1 Å². The molecule has 0 saturated heterocycles. The number of aliphatic carboxylic acids is 1. The maximum absolute atomic E-state index is 13.6. The third kappa shape index (κ3) is 2.25. The zero-order valence-corrected chi connectivity index (χ0v) is 9.29. The number of carboxylic acids is 1. The Kier molecular flexibility index (Phi) is 4.09. The molecule has 1 rings (SSSR count). The molecular weight excluding hydrogens is 237 g/mol. The fraction of sp³-hybridized carbons (Fsp3) is 0.300. The third-order valence-electron chi connectivity index (χ3n) is 2.18. The number of nitrogens with two attached hydrogens (primary N) is 1. The lowest BCUT2D eigenvalue weighted by Gasteiger charge is -2.16. The molecule has 0 bridgehead atoms. The molecule has 16 heavy (non-hydrogen) atoms. The number of methoxy groups -OCH3 is 1. The summed E-state index contributed by atoms with van der Waals surface area (Å²) in [5.74, 6) is -3.07. The number of carbonyl (C=O) groups is 1. The van der Waals surface area contributed by atoms with E-state index >= 15 is 0 Å². The molecule has 0 amide bonds. The first-order valence-electron chi connectivity index (χ1n) is 4.47. The van der Waals surface area contributed by atoms with Gasteiger partial charge in [-0.1, -0.05) is 11.6 Å². The summed E-state index contributed by atoms with van der Waals surface area (Å²) in [5.41, 5.74) is 5.18. The Bertz CT molecular complexity index is 411. The summed E-state index contributed by atoms with van der Waals surface area (Å²) in [6, 6.07) is 2.39. The average Bonchev–Trinajstić information content (AvgIpc) is 2.24. The van der Waals surface area contributed by atoms with Crippen LogP contribution in [-0.2, 0) is 4.79 Å². The predicted octanol–water partition coefficient (Wildman–Crippen LogP) is 1.61. The number of benzene rings is 1. The number of halogens is 2. The molecular formula is C10H11ClFNO3. The molecule has 0 spiro atoms.